The van der Waals surface area contributed by atoms with Crippen molar-refractivity contribution in [1.82, 2.24) is 19.5 Å². The van der Waals surface area contributed by atoms with Crippen molar-refractivity contribution in [3.63, 3.8) is 0 Å². The highest BCUT2D eigenvalue weighted by atomic mass is 79.9. The van der Waals surface area contributed by atoms with Crippen LogP contribution >= 0.6 is 15.9 Å². The van der Waals surface area contributed by atoms with Crippen LogP contribution in [0.25, 0.3) is 11.2 Å². The molecule has 0 spiro atoms. The smallest absolute Gasteiger partial charge is 0.166 e. The molecule has 0 aromatic carbocycles. The molecule has 1 saturated heterocycles. The first kappa shape index (κ1) is 10.2. The van der Waals surface area contributed by atoms with Gasteiger partial charge in [-0.15, -0.1) is 0 Å². The zero-order chi connectivity index (χ0) is 11.0. The molecule has 3 heterocycles. The lowest BCUT2D eigenvalue weighted by atomic mass is 10.2. The van der Waals surface area contributed by atoms with E-state index in [2.05, 4.69) is 30.9 Å². The van der Waals surface area contributed by atoms with Crippen molar-refractivity contribution >= 4 is 27.1 Å². The normalized spacial score (nSPS) is 21.4. The van der Waals surface area contributed by atoms with E-state index in [-0.39, 0.29) is 6.23 Å². The van der Waals surface area contributed by atoms with Crippen LogP contribution in [0, 0.1) is 0 Å². The van der Waals surface area contributed by atoms with Gasteiger partial charge in [0.15, 0.2) is 5.65 Å². The van der Waals surface area contributed by atoms with Gasteiger partial charge in [0, 0.05) is 6.61 Å². The van der Waals surface area contributed by atoms with Gasteiger partial charge in [0.1, 0.15) is 22.7 Å². The minimum atomic E-state index is 0.0700. The van der Waals surface area contributed by atoms with E-state index in [1.807, 2.05) is 4.57 Å². The Kier molecular flexibility index (Phi) is 2.61. The van der Waals surface area contributed by atoms with Gasteiger partial charge in [-0.05, 0) is 35.2 Å². The SMILES string of the molecule is Brc1ncnc2c1ncn2[C@H]1CCCCO1. The van der Waals surface area contributed by atoms with Crippen molar-refractivity contribution in [3.05, 3.63) is 17.3 Å². The van der Waals surface area contributed by atoms with Crippen molar-refractivity contribution in [2.75, 3.05) is 6.61 Å². The van der Waals surface area contributed by atoms with Gasteiger partial charge in [0.25, 0.3) is 0 Å². The Balaban J connectivity index is 2.06. The zero-order valence-corrected chi connectivity index (χ0v) is 10.2. The van der Waals surface area contributed by atoms with E-state index in [4.69, 9.17) is 4.74 Å². The molecule has 1 aliphatic heterocycles. The Hall–Kier alpha value is -1.01. The first-order valence-corrected chi connectivity index (χ1v) is 6.10. The van der Waals surface area contributed by atoms with E-state index in [0.717, 1.165) is 35.2 Å². The number of imidazole rings is 1. The molecule has 84 valence electrons. The molecule has 0 saturated carbocycles. The van der Waals surface area contributed by atoms with Crippen LogP contribution in [-0.4, -0.2) is 26.1 Å². The van der Waals surface area contributed by atoms with E-state index in [1.165, 1.54) is 12.7 Å². The van der Waals surface area contributed by atoms with Crippen LogP contribution in [0.15, 0.2) is 17.3 Å². The van der Waals surface area contributed by atoms with Gasteiger partial charge in [-0.3, -0.25) is 4.57 Å². The van der Waals surface area contributed by atoms with Crippen LogP contribution < -0.4 is 0 Å². The summed E-state index contributed by atoms with van der Waals surface area (Å²) in [5, 5.41) is 0. The summed E-state index contributed by atoms with van der Waals surface area (Å²) in [7, 11) is 0. The van der Waals surface area contributed by atoms with Crippen LogP contribution in [0.3, 0.4) is 0 Å². The third-order valence-corrected chi connectivity index (χ3v) is 3.36. The highest BCUT2D eigenvalue weighted by Crippen LogP contribution is 2.26. The van der Waals surface area contributed by atoms with Gasteiger partial charge in [0.05, 0.1) is 6.33 Å². The van der Waals surface area contributed by atoms with Gasteiger partial charge in [-0.1, -0.05) is 0 Å². The fourth-order valence-corrected chi connectivity index (χ4v) is 2.35. The Morgan fingerprint density at radius 3 is 3.06 bits per heavy atom. The number of aromatic nitrogens is 4. The molecule has 1 atom stereocenters. The van der Waals surface area contributed by atoms with E-state index in [1.54, 1.807) is 6.33 Å². The third kappa shape index (κ3) is 1.62. The lowest BCUT2D eigenvalue weighted by molar-refractivity contribution is -0.0298. The monoisotopic (exact) mass is 282 g/mol. The summed E-state index contributed by atoms with van der Waals surface area (Å²) in [5.41, 5.74) is 1.62. The second kappa shape index (κ2) is 4.10. The van der Waals surface area contributed by atoms with Crippen molar-refractivity contribution in [3.8, 4) is 0 Å². The van der Waals surface area contributed by atoms with Crippen molar-refractivity contribution in [2.24, 2.45) is 0 Å². The Morgan fingerprint density at radius 2 is 2.25 bits per heavy atom. The molecule has 2 aromatic rings. The van der Waals surface area contributed by atoms with E-state index >= 15 is 0 Å². The maximum absolute atomic E-state index is 5.72. The average molecular weight is 283 g/mol. The Bertz CT molecular complexity index is 506. The molecular formula is C10H11BrN4O. The van der Waals surface area contributed by atoms with Crippen LogP contribution in [0.1, 0.15) is 25.5 Å². The van der Waals surface area contributed by atoms with Gasteiger partial charge in [0.2, 0.25) is 0 Å². The molecule has 1 aliphatic rings. The zero-order valence-electron chi connectivity index (χ0n) is 8.64. The maximum atomic E-state index is 5.72. The highest BCUT2D eigenvalue weighted by molar-refractivity contribution is 9.10. The summed E-state index contributed by atoms with van der Waals surface area (Å²) in [5.74, 6) is 0. The highest BCUT2D eigenvalue weighted by Gasteiger charge is 2.19. The van der Waals surface area contributed by atoms with Gasteiger partial charge >= 0.3 is 0 Å². The minimum Gasteiger partial charge on any atom is -0.358 e. The molecule has 2 aromatic heterocycles. The maximum Gasteiger partial charge on any atom is 0.166 e. The largest absolute Gasteiger partial charge is 0.358 e. The molecule has 5 nitrogen and oxygen atoms in total. The fraction of sp³-hybridized carbons (Fsp3) is 0.500. The number of ether oxygens (including phenoxy) is 1. The Morgan fingerprint density at radius 1 is 1.31 bits per heavy atom. The second-order valence-corrected chi connectivity index (χ2v) is 4.56. The van der Waals surface area contributed by atoms with Crippen LogP contribution in [0.4, 0.5) is 0 Å². The quantitative estimate of drug-likeness (QED) is 0.753. The fourth-order valence-electron chi connectivity index (χ4n) is 1.98. The average Bonchev–Trinajstić information content (AvgIpc) is 2.75. The molecule has 0 radical (unpaired) electrons. The predicted molar refractivity (Wildman–Crippen MR) is 61.9 cm³/mol. The van der Waals surface area contributed by atoms with Crippen LogP contribution in [0.2, 0.25) is 0 Å². The number of nitrogens with zero attached hydrogens (tertiary/aromatic N) is 4. The minimum absolute atomic E-state index is 0.0700. The summed E-state index contributed by atoms with van der Waals surface area (Å²) < 4.78 is 8.43. The number of hydrogen-bond donors (Lipinski definition) is 0. The topological polar surface area (TPSA) is 52.8 Å². The molecule has 0 aliphatic carbocycles. The number of hydrogen-bond acceptors (Lipinski definition) is 4. The van der Waals surface area contributed by atoms with E-state index < -0.39 is 0 Å². The first-order valence-electron chi connectivity index (χ1n) is 5.31. The van der Waals surface area contributed by atoms with E-state index in [0.29, 0.717) is 0 Å². The van der Waals surface area contributed by atoms with Crippen LogP contribution in [0.5, 0.6) is 0 Å². The summed E-state index contributed by atoms with van der Waals surface area (Å²) in [4.78, 5) is 12.6. The van der Waals surface area contributed by atoms with E-state index in [9.17, 15) is 0 Å². The molecule has 0 N–H and O–H groups in total. The van der Waals surface area contributed by atoms with Gasteiger partial charge < -0.3 is 4.74 Å². The lowest BCUT2D eigenvalue weighted by Gasteiger charge is -2.23. The molecule has 0 bridgehead atoms. The summed E-state index contributed by atoms with van der Waals surface area (Å²) in [6.07, 6.45) is 6.74. The second-order valence-electron chi connectivity index (χ2n) is 3.81. The molecule has 6 heteroatoms. The summed E-state index contributed by atoms with van der Waals surface area (Å²) in [6.45, 7) is 0.816. The molecular weight excluding hydrogens is 272 g/mol. The molecule has 0 amide bonds. The van der Waals surface area contributed by atoms with Crippen molar-refractivity contribution in [1.29, 1.82) is 0 Å². The number of halogens is 1. The van der Waals surface area contributed by atoms with Gasteiger partial charge in [-0.2, -0.15) is 0 Å². The molecule has 3 rings (SSSR count). The van der Waals surface area contributed by atoms with Crippen LogP contribution in [-0.2, 0) is 4.74 Å². The molecule has 1 fully saturated rings. The first-order chi connectivity index (χ1) is 7.86. The number of fused-ring (bicyclic) bond motifs is 1. The summed E-state index contributed by atoms with van der Waals surface area (Å²) in [6, 6.07) is 0. The van der Waals surface area contributed by atoms with Crippen molar-refractivity contribution < 1.29 is 4.74 Å². The third-order valence-electron chi connectivity index (χ3n) is 2.78. The standard InChI is InChI=1S/C10H11BrN4O/c11-9-8-10(13-5-12-9)15(6-14-8)7-3-1-2-4-16-7/h5-7H,1-4H2/t7-/m1/s1. The number of rotatable bonds is 1. The lowest BCUT2D eigenvalue weighted by Crippen LogP contribution is -2.17. The van der Waals surface area contributed by atoms with Gasteiger partial charge in [-0.25, -0.2) is 15.0 Å². The summed E-state index contributed by atoms with van der Waals surface area (Å²) >= 11 is 3.37. The van der Waals surface area contributed by atoms with Crippen molar-refractivity contribution in [2.45, 2.75) is 25.5 Å². The molecule has 0 unspecified atom stereocenters. The Labute approximate surface area is 101 Å². The molecule has 16 heavy (non-hydrogen) atoms. The predicted octanol–water partition coefficient (Wildman–Crippen LogP) is 2.29.